The molecular weight excluding hydrogens is 204 g/mol. The lowest BCUT2D eigenvalue weighted by atomic mass is 9.83. The van der Waals surface area contributed by atoms with E-state index in [1.807, 2.05) is 37.3 Å². The van der Waals surface area contributed by atoms with E-state index in [2.05, 4.69) is 20.8 Å². The first-order valence-corrected chi connectivity index (χ1v) is 6.43. The van der Waals surface area contributed by atoms with Gasteiger partial charge in [0, 0.05) is 12.0 Å². The zero-order chi connectivity index (χ0) is 12.3. The van der Waals surface area contributed by atoms with Gasteiger partial charge in [-0.05, 0) is 23.5 Å². The van der Waals surface area contributed by atoms with Crippen molar-refractivity contribution in [1.29, 1.82) is 0 Å². The van der Waals surface area contributed by atoms with Crippen molar-refractivity contribution in [1.82, 2.24) is 0 Å². The topological polar surface area (TPSA) is 17.1 Å². The summed E-state index contributed by atoms with van der Waals surface area (Å²) >= 11 is 0. The van der Waals surface area contributed by atoms with E-state index in [1.165, 1.54) is 0 Å². The van der Waals surface area contributed by atoms with Crippen molar-refractivity contribution in [3.8, 4) is 0 Å². The molecular formula is C13H20OS. The lowest BCUT2D eigenvalue weighted by Crippen LogP contribution is -2.23. The summed E-state index contributed by atoms with van der Waals surface area (Å²) in [6.45, 7) is 8.25. The van der Waals surface area contributed by atoms with Crippen LogP contribution in [0.3, 0.4) is 0 Å². The van der Waals surface area contributed by atoms with Crippen molar-refractivity contribution in [2.24, 2.45) is 11.3 Å². The first-order chi connectivity index (χ1) is 7.34. The maximum Gasteiger partial charge on any atom is 0.0532 e. The van der Waals surface area contributed by atoms with E-state index in [9.17, 15) is 4.21 Å². The molecule has 0 radical (unpaired) electrons. The van der Waals surface area contributed by atoms with Crippen LogP contribution in [0.5, 0.6) is 0 Å². The van der Waals surface area contributed by atoms with Gasteiger partial charge in [-0.1, -0.05) is 45.9 Å². The van der Waals surface area contributed by atoms with Crippen molar-refractivity contribution >= 4 is 10.8 Å². The standard InChI is InChI=1S/C13H20OS/c1-11(13(2,3)4)10-15(14)12-8-6-5-7-9-12/h5-9,11H,10H2,1-4H3/t11-,15?/m0/s1/i10D/t10-,11+,15?/m1. The smallest absolute Gasteiger partial charge is 0.0532 e. The minimum absolute atomic E-state index is 0.0108. The molecule has 0 aliphatic carbocycles. The Kier molecular flexibility index (Phi) is 3.57. The molecule has 0 spiro atoms. The fraction of sp³-hybridized carbons (Fsp3) is 0.538. The van der Waals surface area contributed by atoms with Crippen LogP contribution in [0.4, 0.5) is 0 Å². The van der Waals surface area contributed by atoms with Crippen LogP contribution in [0.1, 0.15) is 29.1 Å². The lowest BCUT2D eigenvalue weighted by Gasteiger charge is -2.26. The van der Waals surface area contributed by atoms with Gasteiger partial charge in [0.05, 0.1) is 10.8 Å². The third kappa shape index (κ3) is 3.78. The first kappa shape index (κ1) is 10.9. The fourth-order valence-electron chi connectivity index (χ4n) is 1.02. The van der Waals surface area contributed by atoms with E-state index < -0.39 is 16.5 Å². The summed E-state index contributed by atoms with van der Waals surface area (Å²) in [6, 6.07) is 9.27. The highest BCUT2D eigenvalue weighted by atomic mass is 32.2. The highest BCUT2D eigenvalue weighted by Gasteiger charge is 2.22. The Labute approximate surface area is 96.8 Å². The Morgan fingerprint density at radius 1 is 1.33 bits per heavy atom. The third-order valence-electron chi connectivity index (χ3n) is 2.67. The summed E-state index contributed by atoms with van der Waals surface area (Å²) in [5.74, 6) is 0.0912. The molecule has 1 rings (SSSR count). The van der Waals surface area contributed by atoms with Crippen molar-refractivity contribution in [2.75, 3.05) is 5.73 Å². The molecule has 0 heterocycles. The molecule has 1 aromatic carbocycles. The Balaban J connectivity index is 2.84. The Morgan fingerprint density at radius 2 is 1.87 bits per heavy atom. The van der Waals surface area contributed by atoms with Gasteiger partial charge in [0.15, 0.2) is 0 Å². The Morgan fingerprint density at radius 3 is 2.33 bits per heavy atom. The molecule has 0 N–H and O–H groups in total. The second-order valence-electron chi connectivity index (χ2n) is 4.90. The molecule has 2 heteroatoms. The molecule has 1 aromatic rings. The van der Waals surface area contributed by atoms with E-state index in [4.69, 9.17) is 1.37 Å². The normalized spacial score (nSPS) is 19.1. The predicted molar refractivity (Wildman–Crippen MR) is 66.3 cm³/mol. The van der Waals surface area contributed by atoms with Crippen LogP contribution in [0.25, 0.3) is 0 Å². The van der Waals surface area contributed by atoms with Crippen LogP contribution in [-0.2, 0) is 10.8 Å². The maximum absolute atomic E-state index is 12.2. The quantitative estimate of drug-likeness (QED) is 0.769. The molecule has 0 saturated heterocycles. The van der Waals surface area contributed by atoms with E-state index in [1.54, 1.807) is 0 Å². The van der Waals surface area contributed by atoms with Gasteiger partial charge < -0.3 is 0 Å². The number of rotatable bonds is 3. The zero-order valence-corrected chi connectivity index (χ0v) is 10.7. The fourth-order valence-corrected chi connectivity index (χ4v) is 2.38. The van der Waals surface area contributed by atoms with Crippen LogP contribution >= 0.6 is 0 Å². The molecule has 84 valence electrons. The lowest BCUT2D eigenvalue weighted by molar-refractivity contribution is 0.287. The Hall–Kier alpha value is -0.630. The second-order valence-corrected chi connectivity index (χ2v) is 6.24. The summed E-state index contributed by atoms with van der Waals surface area (Å²) in [4.78, 5) is 0.749. The highest BCUT2D eigenvalue weighted by molar-refractivity contribution is 7.85. The molecule has 1 unspecified atom stereocenters. The molecule has 0 fully saturated rings. The van der Waals surface area contributed by atoms with E-state index in [-0.39, 0.29) is 11.3 Å². The second kappa shape index (κ2) is 4.93. The van der Waals surface area contributed by atoms with Gasteiger partial charge in [0.25, 0.3) is 0 Å². The molecule has 15 heavy (non-hydrogen) atoms. The molecule has 0 amide bonds. The van der Waals surface area contributed by atoms with E-state index in [0.717, 1.165) is 4.90 Å². The number of hydrogen-bond acceptors (Lipinski definition) is 1. The molecule has 0 aliphatic rings. The monoisotopic (exact) mass is 225 g/mol. The molecule has 1 nitrogen and oxygen atoms in total. The average molecular weight is 225 g/mol. The summed E-state index contributed by atoms with van der Waals surface area (Å²) in [5, 5.41) is 0. The Bertz CT molecular complexity index is 356. The van der Waals surface area contributed by atoms with Crippen molar-refractivity contribution in [3.05, 3.63) is 30.3 Å². The van der Waals surface area contributed by atoms with E-state index >= 15 is 0 Å². The molecule has 0 bridgehead atoms. The maximum atomic E-state index is 12.2. The zero-order valence-electron chi connectivity index (χ0n) is 10.9. The van der Waals surface area contributed by atoms with Gasteiger partial charge >= 0.3 is 0 Å². The summed E-state index contributed by atoms with van der Waals surface area (Å²) < 4.78 is 20.2. The van der Waals surface area contributed by atoms with Gasteiger partial charge in [0.2, 0.25) is 0 Å². The minimum Gasteiger partial charge on any atom is -0.254 e. The van der Waals surface area contributed by atoms with Crippen LogP contribution in [0, 0.1) is 11.3 Å². The average Bonchev–Trinajstić information content (AvgIpc) is 2.26. The molecule has 0 saturated carbocycles. The number of benzene rings is 1. The summed E-state index contributed by atoms with van der Waals surface area (Å²) in [5.41, 5.74) is -0.556. The van der Waals surface area contributed by atoms with Crippen LogP contribution in [0.15, 0.2) is 35.2 Å². The van der Waals surface area contributed by atoms with Gasteiger partial charge in [-0.25, -0.2) is 0 Å². The third-order valence-corrected chi connectivity index (χ3v) is 4.06. The molecule has 0 aromatic heterocycles. The summed E-state index contributed by atoms with van der Waals surface area (Å²) in [6.07, 6.45) is 0. The largest absolute Gasteiger partial charge is 0.254 e. The van der Waals surface area contributed by atoms with Gasteiger partial charge in [0.1, 0.15) is 0 Å². The molecule has 0 aliphatic heterocycles. The highest BCUT2D eigenvalue weighted by Crippen LogP contribution is 2.27. The predicted octanol–water partition coefficient (Wildman–Crippen LogP) is 3.48. The van der Waals surface area contributed by atoms with Crippen LogP contribution in [0.2, 0.25) is 0 Å². The van der Waals surface area contributed by atoms with Gasteiger partial charge in [-0.3, -0.25) is 4.21 Å². The van der Waals surface area contributed by atoms with Crippen LogP contribution < -0.4 is 0 Å². The minimum atomic E-state index is -1.24. The SMILES string of the molecule is [2H][C@H]([C@H](C)C(C)(C)C)S(=O)c1ccccc1. The van der Waals surface area contributed by atoms with Gasteiger partial charge in [-0.15, -0.1) is 0 Å². The van der Waals surface area contributed by atoms with Crippen molar-refractivity contribution in [3.63, 3.8) is 0 Å². The van der Waals surface area contributed by atoms with Crippen molar-refractivity contribution < 1.29 is 5.58 Å². The molecule has 3 atom stereocenters. The number of hydrogen-bond donors (Lipinski definition) is 0. The first-order valence-electron chi connectivity index (χ1n) is 5.79. The summed E-state index contributed by atoms with van der Waals surface area (Å²) in [7, 11) is -1.24. The van der Waals surface area contributed by atoms with Crippen LogP contribution in [-0.4, -0.2) is 9.94 Å². The van der Waals surface area contributed by atoms with Crippen molar-refractivity contribution in [2.45, 2.75) is 32.6 Å². The van der Waals surface area contributed by atoms with E-state index in [0.29, 0.717) is 0 Å². The van der Waals surface area contributed by atoms with Gasteiger partial charge in [-0.2, -0.15) is 0 Å².